The third kappa shape index (κ3) is 3.76. The molecule has 1 aliphatic rings. The molecule has 0 aromatic heterocycles. The zero-order valence-corrected chi connectivity index (χ0v) is 15.7. The molecule has 0 spiro atoms. The summed E-state index contributed by atoms with van der Waals surface area (Å²) in [5.74, 6) is -2.11. The van der Waals surface area contributed by atoms with Crippen molar-refractivity contribution in [2.75, 3.05) is 14.1 Å². The van der Waals surface area contributed by atoms with Gasteiger partial charge in [-0.3, -0.25) is 19.3 Å². The van der Waals surface area contributed by atoms with E-state index in [0.29, 0.717) is 0 Å². The maximum absolute atomic E-state index is 12.7. The van der Waals surface area contributed by atoms with Crippen LogP contribution in [0.1, 0.15) is 47.9 Å². The number of fused-ring (bicyclic) bond motifs is 1. The maximum atomic E-state index is 12.7. The minimum atomic E-state index is -1.07. The molecule has 1 aromatic rings. The molecule has 0 N–H and O–H groups in total. The van der Waals surface area contributed by atoms with Crippen LogP contribution in [0.25, 0.3) is 0 Å². The number of ether oxygens (including phenoxy) is 1. The molecule has 3 amide bonds. The number of carbonyl (C=O) groups excluding carboxylic acids is 4. The van der Waals surface area contributed by atoms with Gasteiger partial charge in [0.15, 0.2) is 6.10 Å². The monoisotopic (exact) mass is 360 g/mol. The van der Waals surface area contributed by atoms with E-state index in [1.54, 1.807) is 38.4 Å². The van der Waals surface area contributed by atoms with Crippen molar-refractivity contribution in [3.05, 3.63) is 35.4 Å². The van der Waals surface area contributed by atoms with Crippen molar-refractivity contribution in [3.8, 4) is 0 Å². The van der Waals surface area contributed by atoms with Crippen LogP contribution in [0.3, 0.4) is 0 Å². The molecule has 1 heterocycles. The molecule has 2 unspecified atom stereocenters. The molecule has 1 aliphatic heterocycles. The van der Waals surface area contributed by atoms with Crippen molar-refractivity contribution in [3.63, 3.8) is 0 Å². The first-order valence-electron chi connectivity index (χ1n) is 8.53. The standard InChI is InChI=1S/C19H24N2O5/c1-11(2)10-15(19(25)26-12(3)16(22)20(4)5)21-17(23)13-8-6-7-9-14(13)18(21)24/h6-9,11-12,15H,10H2,1-5H3. The normalized spacial score (nSPS) is 15.7. The fourth-order valence-corrected chi connectivity index (χ4v) is 2.91. The second kappa shape index (κ2) is 7.68. The first-order valence-corrected chi connectivity index (χ1v) is 8.53. The van der Waals surface area contributed by atoms with Gasteiger partial charge in [-0.2, -0.15) is 0 Å². The van der Waals surface area contributed by atoms with E-state index in [0.717, 1.165) is 4.90 Å². The summed E-state index contributed by atoms with van der Waals surface area (Å²) in [7, 11) is 3.12. The Hall–Kier alpha value is -2.70. The highest BCUT2D eigenvalue weighted by atomic mass is 16.5. The quantitative estimate of drug-likeness (QED) is 0.570. The van der Waals surface area contributed by atoms with Gasteiger partial charge in [-0.25, -0.2) is 4.79 Å². The molecule has 140 valence electrons. The van der Waals surface area contributed by atoms with Crippen molar-refractivity contribution in [1.82, 2.24) is 9.80 Å². The summed E-state index contributed by atoms with van der Waals surface area (Å²) >= 11 is 0. The van der Waals surface area contributed by atoms with E-state index in [4.69, 9.17) is 4.74 Å². The van der Waals surface area contributed by atoms with Crippen LogP contribution in [0.2, 0.25) is 0 Å². The highest BCUT2D eigenvalue weighted by molar-refractivity contribution is 6.22. The SMILES string of the molecule is CC(C)CC(C(=O)OC(C)C(=O)N(C)C)N1C(=O)c2ccccc2C1=O. The Balaban J connectivity index is 2.28. The van der Waals surface area contributed by atoms with Gasteiger partial charge in [0, 0.05) is 14.1 Å². The van der Waals surface area contributed by atoms with Gasteiger partial charge >= 0.3 is 5.97 Å². The number of hydrogen-bond donors (Lipinski definition) is 0. The minimum Gasteiger partial charge on any atom is -0.451 e. The van der Waals surface area contributed by atoms with E-state index < -0.39 is 29.9 Å². The number of amides is 3. The predicted molar refractivity (Wildman–Crippen MR) is 94.4 cm³/mol. The largest absolute Gasteiger partial charge is 0.451 e. The summed E-state index contributed by atoms with van der Waals surface area (Å²) in [5.41, 5.74) is 0.549. The minimum absolute atomic E-state index is 0.0386. The van der Waals surface area contributed by atoms with E-state index in [-0.39, 0.29) is 29.4 Å². The van der Waals surface area contributed by atoms with Gasteiger partial charge in [0.2, 0.25) is 0 Å². The summed E-state index contributed by atoms with van der Waals surface area (Å²) in [6.07, 6.45) is -0.741. The second-order valence-electron chi connectivity index (χ2n) is 6.98. The third-order valence-electron chi connectivity index (χ3n) is 4.19. The van der Waals surface area contributed by atoms with Crippen molar-refractivity contribution in [1.29, 1.82) is 0 Å². The number of hydrogen-bond acceptors (Lipinski definition) is 5. The molecular weight excluding hydrogens is 336 g/mol. The van der Waals surface area contributed by atoms with Crippen molar-refractivity contribution < 1.29 is 23.9 Å². The van der Waals surface area contributed by atoms with Gasteiger partial charge < -0.3 is 9.64 Å². The number of imide groups is 1. The summed E-state index contributed by atoms with van der Waals surface area (Å²) in [6.45, 7) is 5.23. The van der Waals surface area contributed by atoms with E-state index in [1.165, 1.54) is 11.8 Å². The molecule has 7 nitrogen and oxygen atoms in total. The van der Waals surface area contributed by atoms with Gasteiger partial charge in [0.25, 0.3) is 17.7 Å². The Morgan fingerprint density at radius 3 is 1.96 bits per heavy atom. The van der Waals surface area contributed by atoms with Gasteiger partial charge in [-0.15, -0.1) is 0 Å². The fourth-order valence-electron chi connectivity index (χ4n) is 2.91. The fraction of sp³-hybridized carbons (Fsp3) is 0.474. The average Bonchev–Trinajstić information content (AvgIpc) is 2.83. The summed E-state index contributed by atoms with van der Waals surface area (Å²) in [5, 5.41) is 0. The van der Waals surface area contributed by atoms with E-state index >= 15 is 0 Å². The number of rotatable bonds is 6. The van der Waals surface area contributed by atoms with Crippen LogP contribution in [-0.2, 0) is 14.3 Å². The predicted octanol–water partition coefficient (Wildman–Crippen LogP) is 1.72. The first kappa shape index (κ1) is 19.6. The lowest BCUT2D eigenvalue weighted by atomic mass is 10.0. The lowest BCUT2D eigenvalue weighted by Crippen LogP contribution is -2.48. The van der Waals surface area contributed by atoms with Crippen LogP contribution < -0.4 is 0 Å². The molecule has 0 fully saturated rings. The van der Waals surface area contributed by atoms with Gasteiger partial charge in [-0.1, -0.05) is 26.0 Å². The molecule has 0 saturated carbocycles. The van der Waals surface area contributed by atoms with Crippen LogP contribution in [0.4, 0.5) is 0 Å². The molecule has 0 radical (unpaired) electrons. The summed E-state index contributed by atoms with van der Waals surface area (Å²) in [4.78, 5) is 52.3. The highest BCUT2D eigenvalue weighted by Gasteiger charge is 2.44. The van der Waals surface area contributed by atoms with Crippen LogP contribution >= 0.6 is 0 Å². The average molecular weight is 360 g/mol. The maximum Gasteiger partial charge on any atom is 0.330 e. The molecule has 0 saturated heterocycles. The Labute approximate surface area is 152 Å². The van der Waals surface area contributed by atoms with Crippen molar-refractivity contribution in [2.45, 2.75) is 39.3 Å². The second-order valence-corrected chi connectivity index (χ2v) is 6.98. The molecule has 0 aliphatic carbocycles. The zero-order chi connectivity index (χ0) is 19.6. The van der Waals surface area contributed by atoms with Crippen molar-refractivity contribution >= 4 is 23.7 Å². The van der Waals surface area contributed by atoms with Crippen molar-refractivity contribution in [2.24, 2.45) is 5.92 Å². The van der Waals surface area contributed by atoms with Crippen LogP contribution in [0.15, 0.2) is 24.3 Å². The topological polar surface area (TPSA) is 84.0 Å². The Kier molecular flexibility index (Phi) is 5.79. The number of nitrogens with zero attached hydrogens (tertiary/aromatic N) is 2. The number of benzene rings is 1. The first-order chi connectivity index (χ1) is 12.1. The smallest absolute Gasteiger partial charge is 0.330 e. The molecule has 2 atom stereocenters. The zero-order valence-electron chi connectivity index (χ0n) is 15.7. The van der Waals surface area contributed by atoms with E-state index in [1.807, 2.05) is 13.8 Å². The molecule has 0 bridgehead atoms. The molecule has 1 aromatic carbocycles. The highest BCUT2D eigenvalue weighted by Crippen LogP contribution is 2.27. The Bertz CT molecular complexity index is 706. The lowest BCUT2D eigenvalue weighted by molar-refractivity contribution is -0.161. The summed E-state index contributed by atoms with van der Waals surface area (Å²) < 4.78 is 5.27. The molecule has 26 heavy (non-hydrogen) atoms. The number of likely N-dealkylation sites (N-methyl/N-ethyl adjacent to an activating group) is 1. The van der Waals surface area contributed by atoms with Crippen LogP contribution in [0, 0.1) is 5.92 Å². The van der Waals surface area contributed by atoms with E-state index in [2.05, 4.69) is 0 Å². The van der Waals surface area contributed by atoms with Gasteiger partial charge in [-0.05, 0) is 31.4 Å². The Morgan fingerprint density at radius 1 is 1.04 bits per heavy atom. The van der Waals surface area contributed by atoms with Gasteiger partial charge in [0.1, 0.15) is 6.04 Å². The van der Waals surface area contributed by atoms with Crippen LogP contribution in [-0.4, -0.2) is 59.7 Å². The van der Waals surface area contributed by atoms with Crippen LogP contribution in [0.5, 0.6) is 0 Å². The molecular formula is C19H24N2O5. The Morgan fingerprint density at radius 2 is 1.54 bits per heavy atom. The summed E-state index contributed by atoms with van der Waals surface area (Å²) in [6, 6.07) is 5.39. The molecule has 7 heteroatoms. The van der Waals surface area contributed by atoms with E-state index in [9.17, 15) is 19.2 Å². The number of esters is 1. The number of carbonyl (C=O) groups is 4. The molecule has 2 rings (SSSR count). The lowest BCUT2D eigenvalue weighted by Gasteiger charge is -2.27. The third-order valence-corrected chi connectivity index (χ3v) is 4.19. The van der Waals surface area contributed by atoms with Gasteiger partial charge in [0.05, 0.1) is 11.1 Å².